The van der Waals surface area contributed by atoms with Gasteiger partial charge in [0.25, 0.3) is 0 Å². The van der Waals surface area contributed by atoms with Crippen molar-refractivity contribution in [3.05, 3.63) is 16.1 Å². The van der Waals surface area contributed by atoms with Gasteiger partial charge in [-0.3, -0.25) is 4.79 Å². The van der Waals surface area contributed by atoms with Crippen LogP contribution >= 0.6 is 23.1 Å². The van der Waals surface area contributed by atoms with E-state index in [-0.39, 0.29) is 5.91 Å². The van der Waals surface area contributed by atoms with Gasteiger partial charge in [0.15, 0.2) is 0 Å². The molecule has 19 heavy (non-hydrogen) atoms. The summed E-state index contributed by atoms with van der Waals surface area (Å²) in [6, 6.07) is 0. The van der Waals surface area contributed by atoms with E-state index in [0.717, 1.165) is 22.2 Å². The van der Waals surface area contributed by atoms with Crippen LogP contribution in [0.1, 0.15) is 37.9 Å². The van der Waals surface area contributed by atoms with Crippen LogP contribution in [0.25, 0.3) is 0 Å². The summed E-state index contributed by atoms with van der Waals surface area (Å²) in [6.07, 6.45) is -0.105. The van der Waals surface area contributed by atoms with Gasteiger partial charge in [-0.25, -0.2) is 4.98 Å². The number of nitrogens with zero attached hydrogens (tertiary/aromatic N) is 1. The minimum Gasteiger partial charge on any atom is -0.391 e. The number of hydrogen-bond donors (Lipinski definition) is 2. The molecule has 1 atom stereocenters. The average molecular weight is 302 g/mol. The van der Waals surface area contributed by atoms with E-state index < -0.39 is 11.6 Å². The van der Waals surface area contributed by atoms with Crippen molar-refractivity contribution < 1.29 is 9.90 Å². The molecule has 0 saturated heterocycles. The number of hydrogen-bond acceptors (Lipinski definition) is 5. The number of thioether (sulfide) groups is 1. The predicted molar refractivity (Wildman–Crippen MR) is 81.5 cm³/mol. The van der Waals surface area contributed by atoms with Gasteiger partial charge < -0.3 is 10.4 Å². The molecule has 0 aromatic carbocycles. The van der Waals surface area contributed by atoms with Gasteiger partial charge in [-0.1, -0.05) is 0 Å². The molecule has 0 fully saturated rings. The van der Waals surface area contributed by atoms with Crippen LogP contribution in [0.4, 0.5) is 0 Å². The van der Waals surface area contributed by atoms with E-state index >= 15 is 0 Å². The molecule has 108 valence electrons. The van der Waals surface area contributed by atoms with Crippen molar-refractivity contribution >= 4 is 29.0 Å². The molecule has 0 aliphatic heterocycles. The van der Waals surface area contributed by atoms with E-state index in [2.05, 4.69) is 15.7 Å². The maximum absolute atomic E-state index is 11.7. The Morgan fingerprint density at radius 2 is 2.32 bits per heavy atom. The smallest absolute Gasteiger partial charge is 0.221 e. The van der Waals surface area contributed by atoms with Gasteiger partial charge in [-0.2, -0.15) is 11.8 Å². The third-order valence-electron chi connectivity index (χ3n) is 2.90. The number of aromatic nitrogens is 1. The van der Waals surface area contributed by atoms with E-state index in [4.69, 9.17) is 0 Å². The molecule has 1 unspecified atom stereocenters. The first kappa shape index (κ1) is 16.5. The fourth-order valence-corrected chi connectivity index (χ4v) is 2.89. The fourth-order valence-electron chi connectivity index (χ4n) is 1.34. The summed E-state index contributed by atoms with van der Waals surface area (Å²) in [5, 5.41) is 15.5. The predicted octanol–water partition coefficient (Wildman–Crippen LogP) is 2.35. The van der Waals surface area contributed by atoms with E-state index in [1.165, 1.54) is 0 Å². The summed E-state index contributed by atoms with van der Waals surface area (Å²) in [7, 11) is 0. The summed E-state index contributed by atoms with van der Waals surface area (Å²) in [5.74, 6) is 1.59. The molecule has 0 aliphatic rings. The zero-order valence-corrected chi connectivity index (χ0v) is 13.5. The normalized spacial score (nSPS) is 13.3. The van der Waals surface area contributed by atoms with Gasteiger partial charge in [-0.05, 0) is 27.7 Å². The lowest BCUT2D eigenvalue weighted by Gasteiger charge is -2.29. The van der Waals surface area contributed by atoms with Crippen LogP contribution in [0.5, 0.6) is 0 Å². The fraction of sp³-hybridized carbons (Fsp3) is 0.692. The van der Waals surface area contributed by atoms with Gasteiger partial charge in [0.1, 0.15) is 0 Å². The summed E-state index contributed by atoms with van der Waals surface area (Å²) in [4.78, 5) is 16.1. The van der Waals surface area contributed by atoms with Crippen LogP contribution in [0.15, 0.2) is 5.38 Å². The Morgan fingerprint density at radius 1 is 1.63 bits per heavy atom. The Bertz CT molecular complexity index is 417. The van der Waals surface area contributed by atoms with E-state index in [0.29, 0.717) is 6.42 Å². The zero-order chi connectivity index (χ0) is 14.5. The van der Waals surface area contributed by atoms with Crippen LogP contribution in [0.2, 0.25) is 0 Å². The second kappa shape index (κ2) is 7.26. The molecule has 0 saturated carbocycles. The Hall–Kier alpha value is -0.590. The molecule has 1 rings (SSSR count). The summed E-state index contributed by atoms with van der Waals surface area (Å²) in [5.41, 5.74) is 0.505. The first-order valence-corrected chi connectivity index (χ1v) is 8.32. The molecule has 1 aromatic rings. The minimum absolute atomic E-state index is 0.0205. The van der Waals surface area contributed by atoms with E-state index in [1.54, 1.807) is 30.0 Å². The third-order valence-corrected chi connectivity index (χ3v) is 4.71. The molecular formula is C13H22N2O2S2. The van der Waals surface area contributed by atoms with E-state index in [1.807, 2.05) is 20.8 Å². The van der Waals surface area contributed by atoms with Gasteiger partial charge in [-0.15, -0.1) is 11.3 Å². The lowest BCUT2D eigenvalue weighted by Crippen LogP contribution is -2.51. The minimum atomic E-state index is -0.576. The van der Waals surface area contributed by atoms with Crippen molar-refractivity contribution in [2.75, 3.05) is 5.75 Å². The summed E-state index contributed by atoms with van der Waals surface area (Å²) >= 11 is 3.35. The highest BCUT2D eigenvalue weighted by Gasteiger charge is 2.25. The van der Waals surface area contributed by atoms with Crippen LogP contribution in [0, 0.1) is 6.92 Å². The topological polar surface area (TPSA) is 62.2 Å². The highest BCUT2D eigenvalue weighted by molar-refractivity contribution is 7.98. The molecule has 6 heteroatoms. The van der Waals surface area contributed by atoms with Crippen molar-refractivity contribution in [3.8, 4) is 0 Å². The number of aliphatic hydroxyl groups is 1. The maximum atomic E-state index is 11.7. The molecule has 4 nitrogen and oxygen atoms in total. The Kier molecular flexibility index (Phi) is 6.29. The zero-order valence-electron chi connectivity index (χ0n) is 11.9. The lowest BCUT2D eigenvalue weighted by molar-refractivity contribution is -0.123. The highest BCUT2D eigenvalue weighted by Crippen LogP contribution is 2.16. The maximum Gasteiger partial charge on any atom is 0.221 e. The number of thiazole rings is 1. The SMILES string of the molecule is Cc1nc(CSCCC(=O)NC(C)(C)C(C)O)cs1. The highest BCUT2D eigenvalue weighted by atomic mass is 32.2. The molecule has 1 aromatic heterocycles. The molecular weight excluding hydrogens is 280 g/mol. The Balaban J connectivity index is 2.21. The monoisotopic (exact) mass is 302 g/mol. The molecule has 0 radical (unpaired) electrons. The third kappa shape index (κ3) is 5.93. The summed E-state index contributed by atoms with van der Waals surface area (Å²) in [6.45, 7) is 7.31. The van der Waals surface area contributed by atoms with Gasteiger partial charge in [0.2, 0.25) is 5.91 Å². The van der Waals surface area contributed by atoms with Crippen LogP contribution in [-0.4, -0.2) is 33.4 Å². The largest absolute Gasteiger partial charge is 0.391 e. The van der Waals surface area contributed by atoms with Crippen molar-refractivity contribution in [1.82, 2.24) is 10.3 Å². The number of amides is 1. The molecule has 2 N–H and O–H groups in total. The lowest BCUT2D eigenvalue weighted by atomic mass is 9.99. The molecule has 0 spiro atoms. The Morgan fingerprint density at radius 3 is 2.84 bits per heavy atom. The number of carbonyl (C=O) groups is 1. The van der Waals surface area contributed by atoms with Crippen molar-refractivity contribution in [2.24, 2.45) is 0 Å². The van der Waals surface area contributed by atoms with Crippen molar-refractivity contribution in [3.63, 3.8) is 0 Å². The first-order valence-electron chi connectivity index (χ1n) is 6.29. The van der Waals surface area contributed by atoms with Gasteiger partial charge in [0, 0.05) is 23.3 Å². The standard InChI is InChI=1S/C13H22N2O2S2/c1-9(16)13(3,4)15-12(17)5-6-18-7-11-8-19-10(2)14-11/h8-9,16H,5-7H2,1-4H3,(H,15,17). The number of rotatable bonds is 7. The summed E-state index contributed by atoms with van der Waals surface area (Å²) < 4.78 is 0. The number of aryl methyl sites for hydroxylation is 1. The number of nitrogens with one attached hydrogen (secondary N) is 1. The number of aliphatic hydroxyl groups excluding tert-OH is 1. The van der Waals surface area contributed by atoms with Crippen LogP contribution < -0.4 is 5.32 Å². The second-order valence-electron chi connectivity index (χ2n) is 5.11. The second-order valence-corrected chi connectivity index (χ2v) is 7.27. The quantitative estimate of drug-likeness (QED) is 0.759. The molecule has 0 aliphatic carbocycles. The van der Waals surface area contributed by atoms with Crippen LogP contribution in [-0.2, 0) is 10.5 Å². The molecule has 1 amide bonds. The van der Waals surface area contributed by atoms with Crippen molar-refractivity contribution in [1.29, 1.82) is 0 Å². The van der Waals surface area contributed by atoms with E-state index in [9.17, 15) is 9.90 Å². The number of carbonyl (C=O) groups excluding carboxylic acids is 1. The average Bonchev–Trinajstić information content (AvgIpc) is 2.70. The van der Waals surface area contributed by atoms with Crippen LogP contribution in [0.3, 0.4) is 0 Å². The van der Waals surface area contributed by atoms with Crippen molar-refractivity contribution in [2.45, 2.75) is 51.5 Å². The Labute approximate surface area is 123 Å². The van der Waals surface area contributed by atoms with Gasteiger partial charge >= 0.3 is 0 Å². The first-order chi connectivity index (χ1) is 8.81. The van der Waals surface area contributed by atoms with Gasteiger partial charge in [0.05, 0.1) is 22.3 Å². The molecule has 0 bridgehead atoms. The molecule has 1 heterocycles.